The van der Waals surface area contributed by atoms with Crippen molar-refractivity contribution in [1.82, 2.24) is 10.2 Å². The Morgan fingerprint density at radius 3 is 2.67 bits per heavy atom. The third-order valence-corrected chi connectivity index (χ3v) is 5.46. The smallest absolute Gasteiger partial charge is 0.224 e. The van der Waals surface area contributed by atoms with Crippen LogP contribution >= 0.6 is 0 Å². The Balaban J connectivity index is 2.44. The molecule has 1 rings (SSSR count). The lowest BCUT2D eigenvalue weighted by molar-refractivity contribution is -0.132. The molecule has 1 fully saturated rings. The van der Waals surface area contributed by atoms with Crippen LogP contribution in [0.1, 0.15) is 39.0 Å². The fourth-order valence-corrected chi connectivity index (χ4v) is 3.99. The molecule has 0 aliphatic carbocycles. The summed E-state index contributed by atoms with van der Waals surface area (Å²) in [5, 5.41) is 12.2. The number of carbonyl (C=O) groups is 1. The monoisotopic (exact) mass is 320 g/mol. The summed E-state index contributed by atoms with van der Waals surface area (Å²) in [6.07, 6.45) is 4.46. The van der Waals surface area contributed by atoms with E-state index in [1.54, 1.807) is 4.90 Å². The van der Waals surface area contributed by atoms with E-state index in [1.807, 2.05) is 0 Å². The van der Waals surface area contributed by atoms with Gasteiger partial charge >= 0.3 is 0 Å². The van der Waals surface area contributed by atoms with Gasteiger partial charge in [-0.15, -0.1) is 0 Å². The summed E-state index contributed by atoms with van der Waals surface area (Å²) in [6.45, 7) is 3.45. The minimum absolute atomic E-state index is 0.0293. The van der Waals surface area contributed by atoms with E-state index >= 15 is 0 Å². The molecule has 7 heteroatoms. The molecule has 1 amide bonds. The number of carbonyl (C=O) groups excluding carboxylic acids is 1. The number of aliphatic hydroxyl groups is 1. The van der Waals surface area contributed by atoms with E-state index < -0.39 is 9.84 Å². The molecule has 1 aliphatic rings. The number of amides is 1. The molecule has 1 atom stereocenters. The molecule has 1 heterocycles. The highest BCUT2D eigenvalue weighted by Gasteiger charge is 2.27. The van der Waals surface area contributed by atoms with Crippen LogP contribution in [0, 0.1) is 0 Å². The van der Waals surface area contributed by atoms with Crippen molar-refractivity contribution >= 4 is 15.7 Å². The van der Waals surface area contributed by atoms with Gasteiger partial charge in [0.1, 0.15) is 0 Å². The highest BCUT2D eigenvalue weighted by molar-refractivity contribution is 7.91. The Morgan fingerprint density at radius 2 is 2.05 bits per heavy atom. The predicted octanol–water partition coefficient (Wildman–Crippen LogP) is 0.164. The Hall–Kier alpha value is -0.660. The first kappa shape index (κ1) is 18.4. The van der Waals surface area contributed by atoms with Gasteiger partial charge in [0.2, 0.25) is 5.91 Å². The van der Waals surface area contributed by atoms with Gasteiger partial charge in [-0.3, -0.25) is 4.79 Å². The summed E-state index contributed by atoms with van der Waals surface area (Å²) in [6, 6.07) is -0.298. The third kappa shape index (κ3) is 7.24. The molecular formula is C14H28N2O4S. The van der Waals surface area contributed by atoms with Gasteiger partial charge in [-0.05, 0) is 6.42 Å². The molecule has 0 saturated carbocycles. The van der Waals surface area contributed by atoms with Crippen molar-refractivity contribution in [3.05, 3.63) is 0 Å². The summed E-state index contributed by atoms with van der Waals surface area (Å²) in [5.74, 6) is 0.103. The van der Waals surface area contributed by atoms with Gasteiger partial charge in [0.15, 0.2) is 9.84 Å². The van der Waals surface area contributed by atoms with E-state index in [9.17, 15) is 13.2 Å². The van der Waals surface area contributed by atoms with Crippen LogP contribution in [-0.4, -0.2) is 68.1 Å². The summed E-state index contributed by atoms with van der Waals surface area (Å²) in [5.41, 5.74) is 0. The van der Waals surface area contributed by atoms with E-state index in [2.05, 4.69) is 12.2 Å². The van der Waals surface area contributed by atoms with Crippen molar-refractivity contribution < 1.29 is 18.3 Å². The van der Waals surface area contributed by atoms with Gasteiger partial charge < -0.3 is 15.3 Å². The van der Waals surface area contributed by atoms with Gasteiger partial charge in [0.25, 0.3) is 0 Å². The quantitative estimate of drug-likeness (QED) is 0.591. The molecule has 0 aromatic carbocycles. The maximum absolute atomic E-state index is 12.3. The standard InChI is InChI=1S/C14H28N2O4S/c1-2-3-4-5-7-16(8-9-17)14(18)11-13-12-21(19,20)10-6-15-13/h13,15,17H,2-12H2,1H3. The second-order valence-corrected chi connectivity index (χ2v) is 7.86. The number of nitrogens with zero attached hydrogens (tertiary/aromatic N) is 1. The van der Waals surface area contributed by atoms with Gasteiger partial charge in [0.05, 0.1) is 18.1 Å². The topological polar surface area (TPSA) is 86.7 Å². The van der Waals surface area contributed by atoms with Crippen LogP contribution in [0.15, 0.2) is 0 Å². The number of aliphatic hydroxyl groups excluding tert-OH is 1. The molecule has 124 valence electrons. The number of nitrogens with one attached hydrogen (secondary N) is 1. The molecular weight excluding hydrogens is 292 g/mol. The molecule has 0 spiro atoms. The van der Waals surface area contributed by atoms with Gasteiger partial charge in [-0.1, -0.05) is 26.2 Å². The first-order valence-electron chi connectivity index (χ1n) is 7.81. The third-order valence-electron chi connectivity index (χ3n) is 3.73. The van der Waals surface area contributed by atoms with Crippen LogP contribution < -0.4 is 5.32 Å². The van der Waals surface area contributed by atoms with Gasteiger partial charge in [-0.25, -0.2) is 8.42 Å². The fourth-order valence-electron chi connectivity index (χ4n) is 2.55. The second-order valence-electron chi connectivity index (χ2n) is 5.63. The van der Waals surface area contributed by atoms with E-state index in [0.717, 1.165) is 25.7 Å². The van der Waals surface area contributed by atoms with Crippen molar-refractivity contribution in [2.75, 3.05) is 37.7 Å². The van der Waals surface area contributed by atoms with Crippen LogP contribution in [0.4, 0.5) is 0 Å². The van der Waals surface area contributed by atoms with Crippen molar-refractivity contribution in [1.29, 1.82) is 0 Å². The Labute approximate surface area is 127 Å². The largest absolute Gasteiger partial charge is 0.395 e. The normalized spacial score (nSPS) is 21.1. The molecule has 0 aromatic heterocycles. The molecule has 1 unspecified atom stereocenters. The lowest BCUT2D eigenvalue weighted by atomic mass is 10.1. The fraction of sp³-hybridized carbons (Fsp3) is 0.929. The highest BCUT2D eigenvalue weighted by atomic mass is 32.2. The lowest BCUT2D eigenvalue weighted by Crippen LogP contribution is -2.48. The predicted molar refractivity (Wildman–Crippen MR) is 82.9 cm³/mol. The molecule has 6 nitrogen and oxygen atoms in total. The first-order chi connectivity index (χ1) is 9.98. The Morgan fingerprint density at radius 1 is 1.29 bits per heavy atom. The average molecular weight is 320 g/mol. The molecule has 21 heavy (non-hydrogen) atoms. The maximum Gasteiger partial charge on any atom is 0.224 e. The second kappa shape index (κ2) is 9.38. The Bertz CT molecular complexity index is 411. The number of unbranched alkanes of at least 4 members (excludes halogenated alkanes) is 3. The number of hydrogen-bond acceptors (Lipinski definition) is 5. The van der Waals surface area contributed by atoms with E-state index in [-0.39, 0.29) is 36.5 Å². The number of sulfone groups is 1. The van der Waals surface area contributed by atoms with E-state index in [0.29, 0.717) is 19.6 Å². The minimum atomic E-state index is -3.02. The number of hydrogen-bond donors (Lipinski definition) is 2. The molecule has 0 bridgehead atoms. The van der Waals surface area contributed by atoms with Crippen molar-refractivity contribution in [2.45, 2.75) is 45.1 Å². The van der Waals surface area contributed by atoms with E-state index in [1.165, 1.54) is 0 Å². The maximum atomic E-state index is 12.3. The molecule has 1 saturated heterocycles. The van der Waals surface area contributed by atoms with E-state index in [4.69, 9.17) is 5.11 Å². The van der Waals surface area contributed by atoms with Crippen molar-refractivity contribution in [3.8, 4) is 0 Å². The summed E-state index contributed by atoms with van der Waals surface area (Å²) < 4.78 is 23.2. The highest BCUT2D eigenvalue weighted by Crippen LogP contribution is 2.09. The minimum Gasteiger partial charge on any atom is -0.395 e. The average Bonchev–Trinajstić information content (AvgIpc) is 2.41. The summed E-state index contributed by atoms with van der Waals surface area (Å²) in [4.78, 5) is 13.9. The summed E-state index contributed by atoms with van der Waals surface area (Å²) in [7, 11) is -3.02. The lowest BCUT2D eigenvalue weighted by Gasteiger charge is -2.27. The Kier molecular flexibility index (Phi) is 8.21. The molecule has 2 N–H and O–H groups in total. The van der Waals surface area contributed by atoms with Crippen LogP contribution in [0.3, 0.4) is 0 Å². The molecule has 0 radical (unpaired) electrons. The SMILES string of the molecule is CCCCCCN(CCO)C(=O)CC1CS(=O)(=O)CCN1. The van der Waals surface area contributed by atoms with Crippen molar-refractivity contribution in [2.24, 2.45) is 0 Å². The van der Waals surface area contributed by atoms with Crippen LogP contribution in [0.25, 0.3) is 0 Å². The zero-order valence-corrected chi connectivity index (χ0v) is 13.7. The zero-order valence-electron chi connectivity index (χ0n) is 12.9. The van der Waals surface area contributed by atoms with Crippen LogP contribution in [-0.2, 0) is 14.6 Å². The molecule has 1 aliphatic heterocycles. The molecule has 0 aromatic rings. The summed E-state index contributed by atoms with van der Waals surface area (Å²) >= 11 is 0. The van der Waals surface area contributed by atoms with Crippen LogP contribution in [0.2, 0.25) is 0 Å². The van der Waals surface area contributed by atoms with Crippen molar-refractivity contribution in [3.63, 3.8) is 0 Å². The van der Waals surface area contributed by atoms with Crippen LogP contribution in [0.5, 0.6) is 0 Å². The first-order valence-corrected chi connectivity index (χ1v) is 9.63. The van der Waals surface area contributed by atoms with Gasteiger partial charge in [0, 0.05) is 32.1 Å². The zero-order chi connectivity index (χ0) is 15.7. The van der Waals surface area contributed by atoms with Gasteiger partial charge in [-0.2, -0.15) is 0 Å². The number of rotatable bonds is 9.